The molecule has 0 radical (unpaired) electrons. The van der Waals surface area contributed by atoms with Gasteiger partial charge in [-0.1, -0.05) is 0 Å². The number of hydrogen-bond acceptors (Lipinski definition) is 7. The fraction of sp³-hybridized carbons (Fsp3) is 0.600. The second-order valence-corrected chi connectivity index (χ2v) is 11.0. The van der Waals surface area contributed by atoms with Crippen molar-refractivity contribution in [3.05, 3.63) is 48.0 Å². The number of rotatable bonds is 2. The first-order valence-electron chi connectivity index (χ1n) is 11.4. The third-order valence-corrected chi connectivity index (χ3v) is 8.96. The number of carbonyl (C=O) groups is 2. The molecule has 2 saturated heterocycles. The normalized spacial score (nSPS) is 49.5. The number of esters is 2. The van der Waals surface area contributed by atoms with E-state index in [9.17, 15) is 9.59 Å². The van der Waals surface area contributed by atoms with Crippen LogP contribution in [0.4, 0.5) is 0 Å². The van der Waals surface area contributed by atoms with E-state index in [2.05, 4.69) is 6.08 Å². The molecule has 7 rings (SSSR count). The number of ether oxygens (including phenoxy) is 4. The van der Waals surface area contributed by atoms with Gasteiger partial charge in [-0.25, -0.2) is 4.79 Å². The summed E-state index contributed by atoms with van der Waals surface area (Å²) in [7, 11) is 0. The summed E-state index contributed by atoms with van der Waals surface area (Å²) < 4.78 is 30.0. The highest BCUT2D eigenvalue weighted by Crippen LogP contribution is 2.83. The highest BCUT2D eigenvalue weighted by molar-refractivity contribution is 5.90. The Hall–Kier alpha value is -2.38. The van der Waals surface area contributed by atoms with Crippen LogP contribution in [0.1, 0.15) is 58.1 Å². The Balaban J connectivity index is 1.26. The van der Waals surface area contributed by atoms with Crippen molar-refractivity contribution in [1.82, 2.24) is 0 Å². The van der Waals surface area contributed by atoms with Crippen LogP contribution in [-0.2, 0) is 28.5 Å². The van der Waals surface area contributed by atoms with E-state index in [1.807, 2.05) is 32.9 Å². The van der Waals surface area contributed by atoms with Crippen LogP contribution in [0, 0.1) is 16.7 Å². The predicted molar refractivity (Wildman–Crippen MR) is 109 cm³/mol. The standard InChI is InChI=1S/C25H26O7/c1-21(2)17(22(3)7-5-18(26)31-22)11-24(32-21)10-15-16(30-24)4-8-23-13-25(15,23)20(27)29-19(23)14-6-9-28-12-14/h5-7,9-10,12,16-17,19H,4,8,11,13H2,1-3H3. The lowest BCUT2D eigenvalue weighted by Crippen LogP contribution is -2.44. The number of carbonyl (C=O) groups excluding carboxylic acids is 2. The molecule has 2 aliphatic carbocycles. The van der Waals surface area contributed by atoms with Crippen LogP contribution in [0.3, 0.4) is 0 Å². The average molecular weight is 438 g/mol. The fourth-order valence-corrected chi connectivity index (χ4v) is 7.61. The molecular weight excluding hydrogens is 412 g/mol. The molecule has 2 saturated carbocycles. The summed E-state index contributed by atoms with van der Waals surface area (Å²) in [6.07, 6.45) is 11.2. The molecule has 1 aromatic rings. The van der Waals surface area contributed by atoms with Gasteiger partial charge in [0.05, 0.1) is 24.2 Å². The second-order valence-electron chi connectivity index (χ2n) is 11.0. The molecule has 0 N–H and O–H groups in total. The van der Waals surface area contributed by atoms with Gasteiger partial charge in [-0.15, -0.1) is 0 Å². The molecule has 1 aromatic heterocycles. The van der Waals surface area contributed by atoms with Crippen molar-refractivity contribution in [2.75, 3.05) is 0 Å². The molecule has 7 nitrogen and oxygen atoms in total. The summed E-state index contributed by atoms with van der Waals surface area (Å²) in [4.78, 5) is 25.1. The first-order chi connectivity index (χ1) is 15.1. The van der Waals surface area contributed by atoms with Gasteiger partial charge in [0.15, 0.2) is 5.79 Å². The maximum atomic E-state index is 13.2. The Labute approximate surface area is 185 Å². The molecular formula is C25H26O7. The smallest absolute Gasteiger partial charge is 0.331 e. The van der Waals surface area contributed by atoms with Gasteiger partial charge in [0, 0.05) is 29.4 Å². The minimum absolute atomic E-state index is 0.0922. The lowest BCUT2D eigenvalue weighted by Gasteiger charge is -2.36. The Morgan fingerprint density at radius 2 is 2.00 bits per heavy atom. The van der Waals surface area contributed by atoms with Crippen LogP contribution < -0.4 is 0 Å². The van der Waals surface area contributed by atoms with Crippen molar-refractivity contribution in [3.63, 3.8) is 0 Å². The molecule has 4 aliphatic heterocycles. The largest absolute Gasteiger partial charge is 0.472 e. The van der Waals surface area contributed by atoms with Gasteiger partial charge in [-0.3, -0.25) is 4.79 Å². The van der Waals surface area contributed by atoms with Crippen LogP contribution in [-0.4, -0.2) is 35.0 Å². The van der Waals surface area contributed by atoms with E-state index >= 15 is 0 Å². The maximum Gasteiger partial charge on any atom is 0.331 e. The summed E-state index contributed by atoms with van der Waals surface area (Å²) >= 11 is 0. The van der Waals surface area contributed by atoms with Crippen molar-refractivity contribution in [2.24, 2.45) is 16.7 Å². The van der Waals surface area contributed by atoms with E-state index in [-0.39, 0.29) is 35.5 Å². The third kappa shape index (κ3) is 2.05. The summed E-state index contributed by atoms with van der Waals surface area (Å²) in [6, 6.07) is 1.89. The van der Waals surface area contributed by atoms with Gasteiger partial charge < -0.3 is 23.4 Å². The molecule has 4 fully saturated rings. The van der Waals surface area contributed by atoms with Crippen molar-refractivity contribution >= 4 is 11.9 Å². The Kier molecular flexibility index (Phi) is 3.22. The molecule has 32 heavy (non-hydrogen) atoms. The second kappa shape index (κ2) is 5.39. The van der Waals surface area contributed by atoms with E-state index in [1.54, 1.807) is 12.5 Å². The maximum absolute atomic E-state index is 13.2. The van der Waals surface area contributed by atoms with Crippen LogP contribution >= 0.6 is 0 Å². The van der Waals surface area contributed by atoms with Crippen LogP contribution in [0.25, 0.3) is 0 Å². The van der Waals surface area contributed by atoms with E-state index in [0.717, 1.165) is 30.4 Å². The van der Waals surface area contributed by atoms with E-state index in [4.69, 9.17) is 23.4 Å². The molecule has 1 spiro atoms. The Bertz CT molecular complexity index is 1120. The molecule has 7 unspecified atom stereocenters. The minimum atomic E-state index is -0.929. The van der Waals surface area contributed by atoms with E-state index < -0.39 is 22.4 Å². The summed E-state index contributed by atoms with van der Waals surface area (Å²) in [5, 5.41) is 0. The Morgan fingerprint density at radius 3 is 2.72 bits per heavy atom. The molecule has 0 bridgehead atoms. The zero-order valence-corrected chi connectivity index (χ0v) is 18.4. The Morgan fingerprint density at radius 1 is 1.16 bits per heavy atom. The first-order valence-corrected chi connectivity index (χ1v) is 11.4. The van der Waals surface area contributed by atoms with Gasteiger partial charge in [0.1, 0.15) is 17.1 Å². The average Bonchev–Trinajstić information content (AvgIpc) is 3.24. The van der Waals surface area contributed by atoms with Crippen LogP contribution in [0.2, 0.25) is 0 Å². The van der Waals surface area contributed by atoms with Crippen molar-refractivity contribution in [1.29, 1.82) is 0 Å². The first kappa shape index (κ1) is 19.1. The van der Waals surface area contributed by atoms with Gasteiger partial charge in [-0.05, 0) is 63.8 Å². The number of fused-ring (bicyclic) bond motifs is 1. The number of hydrogen-bond donors (Lipinski definition) is 0. The van der Waals surface area contributed by atoms with E-state index in [1.165, 1.54) is 6.08 Å². The van der Waals surface area contributed by atoms with Gasteiger partial charge in [-0.2, -0.15) is 0 Å². The lowest BCUT2D eigenvalue weighted by molar-refractivity contribution is -0.223. The predicted octanol–water partition coefficient (Wildman–Crippen LogP) is 3.76. The van der Waals surface area contributed by atoms with Crippen molar-refractivity contribution in [2.45, 2.75) is 75.7 Å². The van der Waals surface area contributed by atoms with Crippen LogP contribution in [0.15, 0.2) is 46.8 Å². The lowest BCUT2D eigenvalue weighted by atomic mass is 9.72. The number of cyclic esters (lactones) is 2. The molecule has 5 heterocycles. The van der Waals surface area contributed by atoms with Gasteiger partial charge in [0.25, 0.3) is 0 Å². The third-order valence-electron chi connectivity index (χ3n) is 8.96. The molecule has 7 heteroatoms. The minimum Gasteiger partial charge on any atom is -0.472 e. The SMILES string of the molecule is CC1(C)OC2(C=C3C(CCC45CC34C(=O)OC5c3ccoc3)O2)CC1C1(C)C=CC(=O)O1. The summed E-state index contributed by atoms with van der Waals surface area (Å²) in [6.45, 7) is 5.95. The molecule has 0 aromatic carbocycles. The molecule has 7 atom stereocenters. The fourth-order valence-electron chi connectivity index (χ4n) is 7.61. The quantitative estimate of drug-likeness (QED) is 0.514. The summed E-state index contributed by atoms with van der Waals surface area (Å²) in [5.74, 6) is -1.51. The molecule has 6 aliphatic rings. The van der Waals surface area contributed by atoms with Gasteiger partial charge in [0.2, 0.25) is 0 Å². The number of furan rings is 1. The highest BCUT2D eigenvalue weighted by atomic mass is 16.7. The molecule has 168 valence electrons. The monoisotopic (exact) mass is 438 g/mol. The van der Waals surface area contributed by atoms with Crippen molar-refractivity contribution < 1.29 is 33.0 Å². The van der Waals surface area contributed by atoms with E-state index in [0.29, 0.717) is 6.42 Å². The van der Waals surface area contributed by atoms with Gasteiger partial charge >= 0.3 is 11.9 Å². The summed E-state index contributed by atoms with van der Waals surface area (Å²) in [5.41, 5.74) is -0.251. The van der Waals surface area contributed by atoms with Crippen molar-refractivity contribution in [3.8, 4) is 0 Å². The zero-order valence-electron chi connectivity index (χ0n) is 18.4. The zero-order chi connectivity index (χ0) is 22.1. The topological polar surface area (TPSA) is 84.2 Å². The molecule has 0 amide bonds. The highest BCUT2D eigenvalue weighted by Gasteiger charge is 2.85. The van der Waals surface area contributed by atoms with Crippen LogP contribution in [0.5, 0.6) is 0 Å².